The van der Waals surface area contributed by atoms with Gasteiger partial charge in [-0.05, 0) is 42.5 Å². The Hall–Kier alpha value is -3.60. The minimum atomic E-state index is -0.766. The Morgan fingerprint density at radius 2 is 1.36 bits per heavy atom. The van der Waals surface area contributed by atoms with Gasteiger partial charge >= 0.3 is 0 Å². The van der Waals surface area contributed by atoms with Crippen LogP contribution in [0.1, 0.15) is 31.8 Å². The first-order valence-corrected chi connectivity index (χ1v) is 7.53. The lowest BCUT2D eigenvalue weighted by atomic mass is 9.97. The van der Waals surface area contributed by atoms with Crippen molar-refractivity contribution in [3.63, 3.8) is 0 Å². The molecule has 2 aliphatic heterocycles. The summed E-state index contributed by atoms with van der Waals surface area (Å²) in [6.45, 7) is 0. The summed E-state index contributed by atoms with van der Waals surface area (Å²) in [6, 6.07) is 14.6. The maximum atomic E-state index is 12.7. The van der Waals surface area contributed by atoms with E-state index < -0.39 is 23.0 Å². The van der Waals surface area contributed by atoms with Crippen LogP contribution in [0.25, 0.3) is 0 Å². The Balaban J connectivity index is 2.02. The predicted molar refractivity (Wildman–Crippen MR) is 86.5 cm³/mol. The second-order valence-electron chi connectivity index (χ2n) is 5.63. The van der Waals surface area contributed by atoms with E-state index in [4.69, 9.17) is 4.74 Å². The second kappa shape index (κ2) is 5.49. The van der Waals surface area contributed by atoms with E-state index in [1.165, 1.54) is 30.3 Å². The predicted octanol–water partition coefficient (Wildman–Crippen LogP) is 4.54. The van der Waals surface area contributed by atoms with Crippen LogP contribution < -0.4 is 4.74 Å². The van der Waals surface area contributed by atoms with Crippen LogP contribution in [0.4, 0.5) is 0 Å². The molecule has 2 aliphatic rings. The van der Waals surface area contributed by atoms with Crippen LogP contribution in [0.15, 0.2) is 60.7 Å². The SMILES string of the molecule is [O]c1ccc2c([O])c1Oc1ccc(cc1)C(=O)c1cccc(c1)C2=O. The lowest BCUT2D eigenvalue weighted by molar-refractivity contribution is 0.103. The van der Waals surface area contributed by atoms with Gasteiger partial charge in [-0.2, -0.15) is 0 Å². The highest BCUT2D eigenvalue weighted by Gasteiger charge is 2.24. The molecule has 0 amide bonds. The first kappa shape index (κ1) is 15.0. The van der Waals surface area contributed by atoms with Crippen LogP contribution in [0, 0.1) is 0 Å². The lowest BCUT2D eigenvalue weighted by Gasteiger charge is -2.09. The van der Waals surface area contributed by atoms with Crippen molar-refractivity contribution in [2.24, 2.45) is 0 Å². The van der Waals surface area contributed by atoms with Gasteiger partial charge in [0, 0.05) is 16.7 Å². The van der Waals surface area contributed by atoms with E-state index in [9.17, 15) is 19.8 Å². The molecule has 0 unspecified atom stereocenters. The van der Waals surface area contributed by atoms with Gasteiger partial charge in [-0.1, -0.05) is 18.2 Å². The molecule has 3 aromatic rings. The number of hydrogen-bond acceptors (Lipinski definition) is 3. The normalized spacial score (nSPS) is 12.8. The van der Waals surface area contributed by atoms with E-state index in [0.717, 1.165) is 6.07 Å². The number of fused-ring (bicyclic) bond motifs is 2. The zero-order chi connectivity index (χ0) is 17.6. The molecule has 2 heterocycles. The van der Waals surface area contributed by atoms with Gasteiger partial charge in [-0.3, -0.25) is 19.8 Å². The third-order valence-electron chi connectivity index (χ3n) is 4.04. The molecule has 0 aliphatic carbocycles. The summed E-state index contributed by atoms with van der Waals surface area (Å²) < 4.78 is 5.40. The molecule has 0 saturated carbocycles. The number of carbonyl (C=O) groups is 2. The fourth-order valence-electron chi connectivity index (χ4n) is 2.74. The van der Waals surface area contributed by atoms with Crippen molar-refractivity contribution in [3.8, 4) is 23.0 Å². The summed E-state index contributed by atoms with van der Waals surface area (Å²) >= 11 is 0. The zero-order valence-corrected chi connectivity index (χ0v) is 12.8. The first-order chi connectivity index (χ1) is 12.0. The Labute approximate surface area is 142 Å². The number of ketones is 2. The van der Waals surface area contributed by atoms with Gasteiger partial charge in [0.05, 0.1) is 5.56 Å². The maximum absolute atomic E-state index is 12.7. The van der Waals surface area contributed by atoms with E-state index in [0.29, 0.717) is 11.1 Å². The fraction of sp³-hybridized carbons (Fsp3) is 0. The highest BCUT2D eigenvalue weighted by atomic mass is 16.5. The fourth-order valence-corrected chi connectivity index (χ4v) is 2.74. The Morgan fingerprint density at radius 1 is 0.680 bits per heavy atom. The van der Waals surface area contributed by atoms with Crippen molar-refractivity contribution < 1.29 is 24.5 Å². The molecule has 0 spiro atoms. The molecule has 5 rings (SSSR count). The molecular weight excluding hydrogens is 320 g/mol. The van der Waals surface area contributed by atoms with Gasteiger partial charge < -0.3 is 4.74 Å². The highest BCUT2D eigenvalue weighted by molar-refractivity contribution is 6.14. The lowest BCUT2D eigenvalue weighted by Crippen LogP contribution is -2.05. The van der Waals surface area contributed by atoms with Crippen molar-refractivity contribution >= 4 is 11.6 Å². The summed E-state index contributed by atoms with van der Waals surface area (Å²) in [5.74, 6) is -2.38. The van der Waals surface area contributed by atoms with Crippen molar-refractivity contribution in [1.29, 1.82) is 0 Å². The van der Waals surface area contributed by atoms with Gasteiger partial charge in [-0.25, -0.2) is 0 Å². The van der Waals surface area contributed by atoms with Crippen LogP contribution in [-0.4, -0.2) is 11.6 Å². The zero-order valence-electron chi connectivity index (χ0n) is 12.8. The number of hydrogen-bond donors (Lipinski definition) is 0. The van der Waals surface area contributed by atoms with Gasteiger partial charge in [0.2, 0.25) is 17.2 Å². The van der Waals surface area contributed by atoms with Crippen LogP contribution in [0.2, 0.25) is 0 Å². The molecular formula is C20H10O5. The number of rotatable bonds is 0. The summed E-state index contributed by atoms with van der Waals surface area (Å²) in [4.78, 5) is 25.2. The van der Waals surface area contributed by atoms with E-state index in [-0.39, 0.29) is 22.7 Å². The molecule has 0 saturated heterocycles. The highest BCUT2D eigenvalue weighted by Crippen LogP contribution is 2.43. The molecule has 6 bridgehead atoms. The third-order valence-corrected chi connectivity index (χ3v) is 4.04. The van der Waals surface area contributed by atoms with Crippen LogP contribution in [-0.2, 0) is 10.2 Å². The van der Waals surface area contributed by atoms with Crippen LogP contribution in [0.5, 0.6) is 23.0 Å². The molecule has 2 radical (unpaired) electrons. The van der Waals surface area contributed by atoms with E-state index in [1.54, 1.807) is 24.3 Å². The number of benzene rings is 3. The first-order valence-electron chi connectivity index (χ1n) is 7.53. The molecule has 0 fully saturated rings. The monoisotopic (exact) mass is 330 g/mol. The third kappa shape index (κ3) is 2.42. The molecule has 0 N–H and O–H groups in total. The van der Waals surface area contributed by atoms with Gasteiger partial charge in [0.1, 0.15) is 5.75 Å². The second-order valence-corrected chi connectivity index (χ2v) is 5.63. The average molecular weight is 330 g/mol. The van der Waals surface area contributed by atoms with Gasteiger partial charge in [0.25, 0.3) is 0 Å². The minimum Gasteiger partial charge on any atom is -0.449 e. The van der Waals surface area contributed by atoms with Crippen LogP contribution >= 0.6 is 0 Å². The molecule has 5 nitrogen and oxygen atoms in total. The molecule has 5 heteroatoms. The number of ether oxygens (including phenoxy) is 1. The topological polar surface area (TPSA) is 83.2 Å². The number of carbonyl (C=O) groups excluding carboxylic acids is 2. The van der Waals surface area contributed by atoms with E-state index in [1.807, 2.05) is 0 Å². The van der Waals surface area contributed by atoms with E-state index in [2.05, 4.69) is 0 Å². The van der Waals surface area contributed by atoms with Crippen molar-refractivity contribution in [3.05, 3.63) is 82.9 Å². The van der Waals surface area contributed by atoms with Crippen molar-refractivity contribution in [2.75, 3.05) is 0 Å². The quantitative estimate of drug-likeness (QED) is 0.474. The summed E-state index contributed by atoms with van der Waals surface area (Å²) in [6.07, 6.45) is 0. The smallest absolute Gasteiger partial charge is 0.236 e. The molecule has 0 aromatic heterocycles. The Bertz CT molecular complexity index is 1020. The summed E-state index contributed by atoms with van der Waals surface area (Å²) in [5.41, 5.74) is 0.774. The standard InChI is InChI=1S/C20H10O5/c21-16-9-8-15-18(23)13-3-1-2-12(10-13)17(22)11-4-6-14(7-5-11)25-20(16)19(15)24/h1-10H. The largest absolute Gasteiger partial charge is 0.449 e. The molecule has 3 aromatic carbocycles. The molecule has 25 heavy (non-hydrogen) atoms. The van der Waals surface area contributed by atoms with Gasteiger partial charge in [0.15, 0.2) is 11.6 Å². The molecule has 0 atom stereocenters. The molecule has 120 valence electrons. The summed E-state index contributed by atoms with van der Waals surface area (Å²) in [7, 11) is 0. The van der Waals surface area contributed by atoms with Crippen molar-refractivity contribution in [1.82, 2.24) is 0 Å². The maximum Gasteiger partial charge on any atom is 0.236 e. The van der Waals surface area contributed by atoms with Gasteiger partial charge in [-0.15, -0.1) is 0 Å². The summed E-state index contributed by atoms with van der Waals surface area (Å²) in [5, 5.41) is 24.6. The minimum absolute atomic E-state index is 0.172. The van der Waals surface area contributed by atoms with Crippen molar-refractivity contribution in [2.45, 2.75) is 0 Å². The average Bonchev–Trinajstić information content (AvgIpc) is 2.64. The van der Waals surface area contributed by atoms with Crippen LogP contribution in [0.3, 0.4) is 0 Å². The Morgan fingerprint density at radius 3 is 2.08 bits per heavy atom. The Kier molecular flexibility index (Phi) is 3.28. The van der Waals surface area contributed by atoms with E-state index >= 15 is 0 Å².